The van der Waals surface area contributed by atoms with E-state index in [4.69, 9.17) is 4.74 Å². The van der Waals surface area contributed by atoms with Crippen molar-refractivity contribution in [2.24, 2.45) is 0 Å². The van der Waals surface area contributed by atoms with Gasteiger partial charge in [0.05, 0.1) is 0 Å². The van der Waals surface area contributed by atoms with Crippen LogP contribution in [0.2, 0.25) is 0 Å². The Labute approximate surface area is 131 Å². The minimum Gasteiger partial charge on any atom is -0.488 e. The maximum absolute atomic E-state index is 6.06. The summed E-state index contributed by atoms with van der Waals surface area (Å²) in [5, 5.41) is 2.63. The Kier molecular flexibility index (Phi) is 3.15. The first-order valence-electron chi connectivity index (χ1n) is 8.10. The molecule has 1 aliphatic heterocycles. The molecule has 0 bridgehead atoms. The second kappa shape index (κ2) is 5.17. The molecule has 3 aromatic rings. The average Bonchev–Trinajstić information content (AvgIpc) is 2.59. The molecule has 1 heterocycles. The third-order valence-corrected chi connectivity index (χ3v) is 4.72. The monoisotopic (exact) mass is 288 g/mol. The topological polar surface area (TPSA) is 9.23 Å². The Morgan fingerprint density at radius 3 is 2.36 bits per heavy atom. The molecule has 0 saturated heterocycles. The van der Waals surface area contributed by atoms with Crippen LogP contribution in [0.4, 0.5) is 0 Å². The van der Waals surface area contributed by atoms with Crippen LogP contribution in [0.25, 0.3) is 21.9 Å². The van der Waals surface area contributed by atoms with E-state index in [1.807, 2.05) is 0 Å². The largest absolute Gasteiger partial charge is 0.488 e. The third kappa shape index (κ3) is 2.00. The summed E-state index contributed by atoms with van der Waals surface area (Å²) in [5.41, 5.74) is 6.57. The lowest BCUT2D eigenvalue weighted by Crippen LogP contribution is -2.06. The normalized spacial score (nSPS) is 12.6. The third-order valence-electron chi connectivity index (χ3n) is 4.72. The van der Waals surface area contributed by atoms with Crippen molar-refractivity contribution in [2.45, 2.75) is 33.3 Å². The minimum atomic E-state index is 0.665. The number of ether oxygens (including phenoxy) is 1. The molecule has 0 atom stereocenters. The predicted molar refractivity (Wildman–Crippen MR) is 92.5 cm³/mol. The van der Waals surface area contributed by atoms with Gasteiger partial charge in [-0.05, 0) is 46.4 Å². The van der Waals surface area contributed by atoms with Crippen LogP contribution in [0.5, 0.6) is 5.75 Å². The molecular weight excluding hydrogens is 268 g/mol. The fourth-order valence-corrected chi connectivity index (χ4v) is 3.35. The fourth-order valence-electron chi connectivity index (χ4n) is 3.35. The van der Waals surface area contributed by atoms with E-state index in [-0.39, 0.29) is 0 Å². The highest BCUT2D eigenvalue weighted by Gasteiger charge is 2.19. The zero-order valence-electron chi connectivity index (χ0n) is 13.1. The van der Waals surface area contributed by atoms with Crippen LogP contribution in [0, 0.1) is 0 Å². The van der Waals surface area contributed by atoms with Crippen LogP contribution in [0.15, 0.2) is 48.5 Å². The van der Waals surface area contributed by atoms with E-state index in [2.05, 4.69) is 62.4 Å². The number of hydrogen-bond donors (Lipinski definition) is 0. The van der Waals surface area contributed by atoms with Crippen LogP contribution >= 0.6 is 0 Å². The standard InChI is InChI=1S/C21H20O/c1-3-14-5-8-17-16(11-14)7-10-18-19-9-6-15(4-2)12-21(19)22-13-20(17)18/h5-12H,3-4,13H2,1-2H3. The van der Waals surface area contributed by atoms with Crippen molar-refractivity contribution in [3.8, 4) is 16.9 Å². The smallest absolute Gasteiger partial charge is 0.127 e. The Hall–Kier alpha value is -2.28. The molecule has 0 N–H and O–H groups in total. The van der Waals surface area contributed by atoms with E-state index >= 15 is 0 Å². The van der Waals surface area contributed by atoms with Crippen molar-refractivity contribution in [1.29, 1.82) is 0 Å². The van der Waals surface area contributed by atoms with Gasteiger partial charge in [0.2, 0.25) is 0 Å². The van der Waals surface area contributed by atoms with E-state index in [0.717, 1.165) is 18.6 Å². The Morgan fingerprint density at radius 1 is 0.818 bits per heavy atom. The van der Waals surface area contributed by atoms with Crippen LogP contribution in [-0.2, 0) is 19.4 Å². The van der Waals surface area contributed by atoms with Gasteiger partial charge in [0.1, 0.15) is 12.4 Å². The lowest BCUT2D eigenvalue weighted by molar-refractivity contribution is 0.303. The Bertz CT molecular complexity index is 861. The second-order valence-corrected chi connectivity index (χ2v) is 5.97. The number of benzene rings is 3. The molecule has 0 amide bonds. The first-order chi connectivity index (χ1) is 10.8. The summed E-state index contributed by atoms with van der Waals surface area (Å²) in [5.74, 6) is 1.02. The van der Waals surface area contributed by atoms with Gasteiger partial charge in [-0.2, -0.15) is 0 Å². The Morgan fingerprint density at radius 2 is 1.55 bits per heavy atom. The van der Waals surface area contributed by atoms with Gasteiger partial charge in [-0.1, -0.05) is 56.3 Å². The molecule has 1 nitrogen and oxygen atoms in total. The van der Waals surface area contributed by atoms with Gasteiger partial charge < -0.3 is 4.74 Å². The van der Waals surface area contributed by atoms with Gasteiger partial charge in [0, 0.05) is 11.1 Å². The van der Waals surface area contributed by atoms with Gasteiger partial charge in [-0.3, -0.25) is 0 Å². The molecule has 0 aromatic heterocycles. The van der Waals surface area contributed by atoms with Crippen LogP contribution in [0.1, 0.15) is 30.5 Å². The number of fused-ring (bicyclic) bond motifs is 5. The van der Waals surface area contributed by atoms with Crippen molar-refractivity contribution in [2.75, 3.05) is 0 Å². The van der Waals surface area contributed by atoms with Crippen molar-refractivity contribution < 1.29 is 4.74 Å². The number of aryl methyl sites for hydroxylation is 2. The van der Waals surface area contributed by atoms with E-state index in [1.165, 1.54) is 38.6 Å². The SMILES string of the molecule is CCc1ccc2c(c1)OCc1c-2ccc2cc(CC)ccc12. The summed E-state index contributed by atoms with van der Waals surface area (Å²) in [6.45, 7) is 5.04. The van der Waals surface area contributed by atoms with Crippen LogP contribution < -0.4 is 4.74 Å². The molecule has 0 spiro atoms. The first-order valence-corrected chi connectivity index (χ1v) is 8.10. The van der Waals surface area contributed by atoms with E-state index in [9.17, 15) is 0 Å². The summed E-state index contributed by atoms with van der Waals surface area (Å²) < 4.78 is 6.06. The molecule has 110 valence electrons. The summed E-state index contributed by atoms with van der Waals surface area (Å²) >= 11 is 0. The molecule has 0 radical (unpaired) electrons. The van der Waals surface area contributed by atoms with Crippen molar-refractivity contribution in [3.05, 3.63) is 65.2 Å². The number of hydrogen-bond acceptors (Lipinski definition) is 1. The zero-order valence-corrected chi connectivity index (χ0v) is 13.1. The van der Waals surface area contributed by atoms with E-state index in [1.54, 1.807) is 0 Å². The molecule has 3 aromatic carbocycles. The average molecular weight is 288 g/mol. The van der Waals surface area contributed by atoms with Gasteiger partial charge >= 0.3 is 0 Å². The highest BCUT2D eigenvalue weighted by molar-refractivity contribution is 5.93. The summed E-state index contributed by atoms with van der Waals surface area (Å²) in [6.07, 6.45) is 2.12. The molecule has 4 rings (SSSR count). The lowest BCUT2D eigenvalue weighted by Gasteiger charge is -2.23. The maximum atomic E-state index is 6.06. The molecule has 0 saturated carbocycles. The lowest BCUT2D eigenvalue weighted by atomic mass is 9.91. The summed E-state index contributed by atoms with van der Waals surface area (Å²) in [6, 6.07) is 17.9. The molecule has 0 unspecified atom stereocenters. The number of rotatable bonds is 2. The Balaban J connectivity index is 1.93. The van der Waals surface area contributed by atoms with Crippen LogP contribution in [0.3, 0.4) is 0 Å². The highest BCUT2D eigenvalue weighted by Crippen LogP contribution is 2.41. The molecule has 0 fully saturated rings. The van der Waals surface area contributed by atoms with Crippen molar-refractivity contribution >= 4 is 10.8 Å². The van der Waals surface area contributed by atoms with Gasteiger partial charge in [-0.15, -0.1) is 0 Å². The predicted octanol–water partition coefficient (Wildman–Crippen LogP) is 5.52. The molecular formula is C21H20O. The zero-order chi connectivity index (χ0) is 15.1. The van der Waals surface area contributed by atoms with E-state index in [0.29, 0.717) is 6.61 Å². The maximum Gasteiger partial charge on any atom is 0.127 e. The first kappa shape index (κ1) is 13.4. The summed E-state index contributed by atoms with van der Waals surface area (Å²) in [4.78, 5) is 0. The molecule has 22 heavy (non-hydrogen) atoms. The minimum absolute atomic E-state index is 0.665. The van der Waals surface area contributed by atoms with Gasteiger partial charge in [-0.25, -0.2) is 0 Å². The van der Waals surface area contributed by atoms with Crippen LogP contribution in [-0.4, -0.2) is 0 Å². The van der Waals surface area contributed by atoms with E-state index < -0.39 is 0 Å². The second-order valence-electron chi connectivity index (χ2n) is 5.97. The molecule has 1 aliphatic rings. The van der Waals surface area contributed by atoms with Gasteiger partial charge in [0.15, 0.2) is 0 Å². The molecule has 0 aliphatic carbocycles. The van der Waals surface area contributed by atoms with Crippen molar-refractivity contribution in [1.82, 2.24) is 0 Å². The molecule has 1 heteroatoms. The van der Waals surface area contributed by atoms with Crippen molar-refractivity contribution in [3.63, 3.8) is 0 Å². The summed E-state index contributed by atoms with van der Waals surface area (Å²) in [7, 11) is 0. The quantitative estimate of drug-likeness (QED) is 0.603. The fraction of sp³-hybridized carbons (Fsp3) is 0.238. The van der Waals surface area contributed by atoms with Gasteiger partial charge in [0.25, 0.3) is 0 Å². The highest BCUT2D eigenvalue weighted by atomic mass is 16.5.